The molecule has 16 heavy (non-hydrogen) atoms. The smallest absolute Gasteiger partial charge is 0.185 e. The number of carbonyl (C=O) groups excluding carboxylic acids is 3. The second-order valence-corrected chi connectivity index (χ2v) is 3.74. The van der Waals surface area contributed by atoms with E-state index >= 15 is 0 Å². The molecule has 0 aliphatic rings. The number of hydrogen-bond donors (Lipinski definition) is 3. The summed E-state index contributed by atoms with van der Waals surface area (Å²) in [5.74, 6) is 0. The fraction of sp³-hybridized carbons (Fsp3) is 0.667. The van der Waals surface area contributed by atoms with Crippen LogP contribution >= 0.6 is 37.9 Å². The molecule has 0 rings (SSSR count). The molecule has 0 aromatic carbocycles. The molecule has 0 amide bonds. The largest absolute Gasteiger partial charge is 0.288 e. The van der Waals surface area contributed by atoms with Gasteiger partial charge in [-0.15, -0.1) is 37.9 Å². The van der Waals surface area contributed by atoms with Crippen molar-refractivity contribution in [1.29, 1.82) is 0 Å². The van der Waals surface area contributed by atoms with Crippen molar-refractivity contribution < 1.29 is 14.4 Å². The molecule has 0 atom stereocenters. The molecule has 0 aromatic rings. The van der Waals surface area contributed by atoms with E-state index in [9.17, 15) is 14.4 Å². The van der Waals surface area contributed by atoms with Crippen LogP contribution in [0.5, 0.6) is 0 Å². The average molecular weight is 293 g/mol. The van der Waals surface area contributed by atoms with Gasteiger partial charge in [0.05, 0.1) is 0 Å². The molecule has 0 aliphatic carbocycles. The molecule has 0 aliphatic heterocycles. The molecule has 0 aromatic heterocycles. The van der Waals surface area contributed by atoms with Crippen LogP contribution in [0.1, 0.15) is 40.0 Å². The van der Waals surface area contributed by atoms with Crippen LogP contribution in [0.3, 0.4) is 0 Å². The zero-order chi connectivity index (χ0) is 12.9. The van der Waals surface area contributed by atoms with Crippen molar-refractivity contribution in [3.8, 4) is 0 Å². The number of carbonyl (C=O) groups is 3. The number of thiol groups is 3. The minimum atomic E-state index is -0.0509. The van der Waals surface area contributed by atoms with Crippen LogP contribution in [-0.4, -0.2) is 44.9 Å². The van der Waals surface area contributed by atoms with Crippen molar-refractivity contribution in [3.05, 3.63) is 0 Å². The van der Waals surface area contributed by atoms with Gasteiger partial charge in [0.25, 0.3) is 0 Å². The molecule has 0 saturated heterocycles. The normalized spacial score (nSPS) is 7.12. The Kier molecular flexibility index (Phi) is 34.4. The molecule has 0 fully saturated rings. The molecule has 91 valence electrons. The minimum absolute atomic E-state index is 0. The van der Waals surface area contributed by atoms with Crippen molar-refractivity contribution in [1.82, 2.24) is 0 Å². The summed E-state index contributed by atoms with van der Waals surface area (Å²) >= 11 is 10.4. The van der Waals surface area contributed by atoms with Crippen molar-refractivity contribution in [2.75, 3.05) is 0 Å². The van der Waals surface area contributed by atoms with E-state index in [1.54, 1.807) is 20.8 Å². The number of rotatable bonds is 3. The molecule has 0 bridgehead atoms. The van der Waals surface area contributed by atoms with Crippen LogP contribution in [0.2, 0.25) is 0 Å². The summed E-state index contributed by atoms with van der Waals surface area (Å²) in [5, 5.41) is -0.153. The Morgan fingerprint density at radius 1 is 0.688 bits per heavy atom. The minimum Gasteiger partial charge on any atom is -0.288 e. The first-order valence-corrected chi connectivity index (χ1v) is 5.81. The van der Waals surface area contributed by atoms with Crippen molar-refractivity contribution >= 4 is 82.8 Å². The van der Waals surface area contributed by atoms with Gasteiger partial charge < -0.3 is 0 Å². The maximum atomic E-state index is 9.68. The van der Waals surface area contributed by atoms with E-state index in [1.807, 2.05) is 0 Å². The Morgan fingerprint density at radius 3 is 0.750 bits per heavy atom. The Bertz CT molecular complexity index is 165. The van der Waals surface area contributed by atoms with Crippen LogP contribution in [0.15, 0.2) is 0 Å². The van der Waals surface area contributed by atoms with Crippen molar-refractivity contribution in [2.24, 2.45) is 0 Å². The summed E-state index contributed by atoms with van der Waals surface area (Å²) in [6.07, 6.45) is 1.59. The molecule has 0 saturated carbocycles. The molecule has 1 radical (unpaired) electrons. The summed E-state index contributed by atoms with van der Waals surface area (Å²) in [4.78, 5) is 29.0. The molecule has 0 heterocycles. The van der Waals surface area contributed by atoms with Gasteiger partial charge in [0, 0.05) is 48.8 Å². The zero-order valence-corrected chi connectivity index (χ0v) is 14.9. The maximum absolute atomic E-state index is 9.68. The van der Waals surface area contributed by atoms with Crippen LogP contribution < -0.4 is 0 Å². The average Bonchev–Trinajstić information content (AvgIpc) is 2.19. The summed E-state index contributed by atoms with van der Waals surface area (Å²) in [6, 6.07) is 0. The van der Waals surface area contributed by atoms with Crippen LogP contribution in [0.25, 0.3) is 0 Å². The van der Waals surface area contributed by atoms with Crippen LogP contribution in [-0.2, 0) is 14.4 Å². The van der Waals surface area contributed by atoms with Gasteiger partial charge in [-0.1, -0.05) is 20.8 Å². The van der Waals surface area contributed by atoms with Gasteiger partial charge in [-0.2, -0.15) is 0 Å². The summed E-state index contributed by atoms with van der Waals surface area (Å²) in [6.45, 7) is 5.32. The van der Waals surface area contributed by atoms with E-state index in [1.165, 1.54) is 0 Å². The first-order chi connectivity index (χ1) is 6.81. The van der Waals surface area contributed by atoms with E-state index in [0.29, 0.717) is 19.3 Å². The maximum Gasteiger partial charge on any atom is 0.185 e. The molecule has 0 unspecified atom stereocenters. The Morgan fingerprint density at radius 2 is 0.750 bits per heavy atom. The van der Waals surface area contributed by atoms with Gasteiger partial charge in [-0.05, 0) is 0 Å². The second-order valence-electron chi connectivity index (χ2n) is 2.24. The van der Waals surface area contributed by atoms with E-state index < -0.39 is 0 Å². The second kappa shape index (κ2) is 21.4. The first kappa shape index (κ1) is 25.8. The summed E-state index contributed by atoms with van der Waals surface area (Å²) in [7, 11) is 0. The van der Waals surface area contributed by atoms with E-state index in [4.69, 9.17) is 0 Å². The predicted octanol–water partition coefficient (Wildman–Crippen LogP) is 2.18. The Hall–Kier alpha value is 1.06. The topological polar surface area (TPSA) is 51.2 Å². The van der Waals surface area contributed by atoms with Crippen molar-refractivity contribution in [3.63, 3.8) is 0 Å². The molecule has 7 heteroatoms. The van der Waals surface area contributed by atoms with E-state index in [2.05, 4.69) is 37.9 Å². The van der Waals surface area contributed by atoms with Gasteiger partial charge in [0.1, 0.15) is 0 Å². The third-order valence-electron chi connectivity index (χ3n) is 0.907. The Labute approximate surface area is 136 Å². The fourth-order valence-electron chi connectivity index (χ4n) is 0. The standard InChI is InChI=1S/3C3H6OS.Na/c3*1-2-3(4)5;/h3*2H2,1H3,(H,4,5);. The fourth-order valence-corrected chi connectivity index (χ4v) is 0. The SMILES string of the molecule is CCC(=O)S.CCC(=O)S.CCC(=O)S.[Na]. The Balaban J connectivity index is -0.0000000655. The number of hydrogen-bond acceptors (Lipinski definition) is 3. The predicted molar refractivity (Wildman–Crippen MR) is 78.6 cm³/mol. The van der Waals surface area contributed by atoms with E-state index in [0.717, 1.165) is 0 Å². The third kappa shape index (κ3) is 59.7. The summed E-state index contributed by atoms with van der Waals surface area (Å²) in [5.41, 5.74) is 0. The molecule has 3 nitrogen and oxygen atoms in total. The van der Waals surface area contributed by atoms with Crippen LogP contribution in [0, 0.1) is 0 Å². The third-order valence-corrected chi connectivity index (χ3v) is 1.86. The molecular weight excluding hydrogens is 275 g/mol. The van der Waals surface area contributed by atoms with Gasteiger partial charge in [-0.3, -0.25) is 14.4 Å². The van der Waals surface area contributed by atoms with E-state index in [-0.39, 0.29) is 44.9 Å². The quantitative estimate of drug-likeness (QED) is 0.552. The van der Waals surface area contributed by atoms with Crippen molar-refractivity contribution in [2.45, 2.75) is 40.0 Å². The van der Waals surface area contributed by atoms with Crippen LogP contribution in [0.4, 0.5) is 0 Å². The first-order valence-electron chi connectivity index (χ1n) is 4.47. The van der Waals surface area contributed by atoms with Gasteiger partial charge in [-0.25, -0.2) is 0 Å². The molecular formula is C9H18NaO3S3. The van der Waals surface area contributed by atoms with Gasteiger partial charge >= 0.3 is 0 Å². The molecule has 0 N–H and O–H groups in total. The zero-order valence-electron chi connectivity index (χ0n) is 10.2. The monoisotopic (exact) mass is 293 g/mol. The molecule has 0 spiro atoms. The van der Waals surface area contributed by atoms with Gasteiger partial charge in [0.2, 0.25) is 0 Å². The van der Waals surface area contributed by atoms with Gasteiger partial charge in [0.15, 0.2) is 15.3 Å². The summed E-state index contributed by atoms with van der Waals surface area (Å²) < 4.78 is 0.